The van der Waals surface area contributed by atoms with Crippen molar-refractivity contribution in [2.75, 3.05) is 6.61 Å². The first-order valence-corrected chi connectivity index (χ1v) is 14.9. The van der Waals surface area contributed by atoms with Gasteiger partial charge in [-0.2, -0.15) is 26.3 Å². The lowest BCUT2D eigenvalue weighted by Gasteiger charge is -2.53. The third kappa shape index (κ3) is 7.20. The average molecular weight is 655 g/mol. The summed E-state index contributed by atoms with van der Waals surface area (Å²) in [5, 5.41) is 2.90. The number of benzene rings is 4. The molecule has 0 spiro atoms. The van der Waals surface area contributed by atoms with Crippen LogP contribution in [0.4, 0.5) is 26.3 Å². The Morgan fingerprint density at radius 3 is 1.77 bits per heavy atom. The van der Waals surface area contributed by atoms with E-state index in [1.807, 2.05) is 30.3 Å². The first kappa shape index (κ1) is 33.7. The Hall–Kier alpha value is -4.64. The van der Waals surface area contributed by atoms with Gasteiger partial charge in [-0.3, -0.25) is 9.59 Å². The van der Waals surface area contributed by atoms with Gasteiger partial charge >= 0.3 is 12.4 Å². The molecular weight excluding hydrogens is 622 g/mol. The number of halogens is 6. The topological polar surface area (TPSA) is 58.6 Å². The van der Waals surface area contributed by atoms with Crippen molar-refractivity contribution < 1.29 is 40.7 Å². The van der Waals surface area contributed by atoms with Crippen molar-refractivity contribution in [3.63, 3.8) is 0 Å². The summed E-state index contributed by atoms with van der Waals surface area (Å²) in [6, 6.07) is 28.2. The Morgan fingerprint density at radius 1 is 0.745 bits per heavy atom. The summed E-state index contributed by atoms with van der Waals surface area (Å²) < 4.78 is 87.3. The van der Waals surface area contributed by atoms with Crippen molar-refractivity contribution in [2.45, 2.75) is 56.3 Å². The molecular formula is C36H32F6N2O3. The van der Waals surface area contributed by atoms with Gasteiger partial charge in [0.15, 0.2) is 0 Å². The van der Waals surface area contributed by atoms with Crippen LogP contribution in [0.25, 0.3) is 0 Å². The number of hydrogen-bond acceptors (Lipinski definition) is 3. The maximum Gasteiger partial charge on any atom is 0.416 e. The molecule has 5 nitrogen and oxygen atoms in total. The molecule has 4 aromatic rings. The van der Waals surface area contributed by atoms with E-state index in [0.717, 1.165) is 5.56 Å². The van der Waals surface area contributed by atoms with E-state index >= 15 is 0 Å². The van der Waals surface area contributed by atoms with Crippen LogP contribution in [-0.2, 0) is 50.9 Å². The number of nitrogens with zero attached hydrogens (tertiary/aromatic N) is 1. The quantitative estimate of drug-likeness (QED) is 0.186. The molecule has 0 saturated carbocycles. The van der Waals surface area contributed by atoms with Crippen LogP contribution in [0.3, 0.4) is 0 Å². The number of ether oxygens (including phenoxy) is 1. The molecule has 0 radical (unpaired) electrons. The van der Waals surface area contributed by atoms with Crippen LogP contribution in [0.5, 0.6) is 0 Å². The molecule has 2 atom stereocenters. The van der Waals surface area contributed by atoms with Gasteiger partial charge in [0.25, 0.3) is 5.91 Å². The Labute approximate surface area is 268 Å². The molecule has 5 rings (SSSR count). The lowest BCUT2D eigenvalue weighted by Crippen LogP contribution is -2.66. The van der Waals surface area contributed by atoms with Crippen LogP contribution in [0.1, 0.15) is 53.1 Å². The molecule has 0 aromatic heterocycles. The fourth-order valence-electron chi connectivity index (χ4n) is 6.25. The van der Waals surface area contributed by atoms with Gasteiger partial charge in [0.1, 0.15) is 5.54 Å². The maximum absolute atomic E-state index is 14.9. The van der Waals surface area contributed by atoms with Crippen LogP contribution >= 0.6 is 0 Å². The number of hydrogen-bond donors (Lipinski definition) is 1. The number of carbonyl (C=O) groups is 2. The van der Waals surface area contributed by atoms with Gasteiger partial charge in [-0.15, -0.1) is 0 Å². The molecule has 1 N–H and O–H groups in total. The highest BCUT2D eigenvalue weighted by Gasteiger charge is 2.56. The fraction of sp³-hybridized carbons (Fsp3) is 0.278. The molecule has 1 heterocycles. The number of nitrogens with one attached hydrogen (secondary N) is 1. The zero-order chi connectivity index (χ0) is 33.9. The molecule has 1 aliphatic rings. The monoisotopic (exact) mass is 654 g/mol. The zero-order valence-electron chi connectivity index (χ0n) is 25.4. The van der Waals surface area contributed by atoms with Gasteiger partial charge < -0.3 is 15.0 Å². The molecule has 246 valence electrons. The van der Waals surface area contributed by atoms with Gasteiger partial charge in [0.2, 0.25) is 5.91 Å². The molecule has 0 bridgehead atoms. The van der Waals surface area contributed by atoms with E-state index in [0.29, 0.717) is 23.3 Å². The predicted molar refractivity (Wildman–Crippen MR) is 162 cm³/mol. The summed E-state index contributed by atoms with van der Waals surface area (Å²) in [5.74, 6) is -0.852. The molecule has 11 heteroatoms. The van der Waals surface area contributed by atoms with E-state index < -0.39 is 53.0 Å². The van der Waals surface area contributed by atoms with E-state index in [1.165, 1.54) is 6.92 Å². The van der Waals surface area contributed by atoms with E-state index in [-0.39, 0.29) is 37.6 Å². The van der Waals surface area contributed by atoms with Gasteiger partial charge in [-0.25, -0.2) is 0 Å². The van der Waals surface area contributed by atoms with Crippen LogP contribution in [0, 0.1) is 0 Å². The molecule has 1 fully saturated rings. The standard InChI is InChI=1S/C36H32F6N2O3/c1-25(45)43-34(29-15-9-4-10-16-29)18-17-33(28-13-7-3-8-14-28,44(32(34)46)22-26-11-5-2-6-12-26)24-47-23-27-19-30(35(37,38)39)21-31(20-27)36(40,41)42/h2-16,19-21H,17-18,22-24H2,1H3,(H,43,45)/t33-,34+/m0/s1. The summed E-state index contributed by atoms with van der Waals surface area (Å²) in [6.07, 6.45) is -9.63. The van der Waals surface area contributed by atoms with E-state index in [1.54, 1.807) is 65.6 Å². The molecule has 0 aliphatic carbocycles. The summed E-state index contributed by atoms with van der Waals surface area (Å²) in [4.78, 5) is 29.1. The third-order valence-electron chi connectivity index (χ3n) is 8.45. The Kier molecular flexibility index (Phi) is 9.49. The van der Waals surface area contributed by atoms with Gasteiger partial charge in [0, 0.05) is 13.5 Å². The van der Waals surface area contributed by atoms with Crippen molar-refractivity contribution in [3.05, 3.63) is 143 Å². The summed E-state index contributed by atoms with van der Waals surface area (Å²) in [7, 11) is 0. The number of amides is 2. The maximum atomic E-state index is 14.9. The minimum absolute atomic E-state index is 0.0710. The highest BCUT2D eigenvalue weighted by Crippen LogP contribution is 2.47. The lowest BCUT2D eigenvalue weighted by atomic mass is 9.71. The molecule has 47 heavy (non-hydrogen) atoms. The molecule has 1 aliphatic heterocycles. The van der Waals surface area contributed by atoms with Crippen molar-refractivity contribution in [1.29, 1.82) is 0 Å². The average Bonchev–Trinajstić information content (AvgIpc) is 3.04. The second-order valence-corrected chi connectivity index (χ2v) is 11.6. The second-order valence-electron chi connectivity index (χ2n) is 11.6. The van der Waals surface area contributed by atoms with E-state index in [2.05, 4.69) is 5.32 Å². The Morgan fingerprint density at radius 2 is 1.26 bits per heavy atom. The number of piperidine rings is 1. The number of carbonyl (C=O) groups excluding carboxylic acids is 2. The van der Waals surface area contributed by atoms with Crippen LogP contribution in [-0.4, -0.2) is 23.3 Å². The van der Waals surface area contributed by atoms with Gasteiger partial charge in [-0.1, -0.05) is 91.0 Å². The van der Waals surface area contributed by atoms with Crippen LogP contribution < -0.4 is 5.32 Å². The molecule has 0 unspecified atom stereocenters. The molecule has 1 saturated heterocycles. The van der Waals surface area contributed by atoms with Gasteiger partial charge in [0.05, 0.1) is 29.9 Å². The highest BCUT2D eigenvalue weighted by atomic mass is 19.4. The van der Waals surface area contributed by atoms with Crippen molar-refractivity contribution in [3.8, 4) is 0 Å². The van der Waals surface area contributed by atoms with E-state index in [4.69, 9.17) is 4.74 Å². The van der Waals surface area contributed by atoms with Gasteiger partial charge in [-0.05, 0) is 53.3 Å². The first-order valence-electron chi connectivity index (χ1n) is 14.9. The van der Waals surface area contributed by atoms with Crippen molar-refractivity contribution in [2.24, 2.45) is 0 Å². The second kappa shape index (κ2) is 13.2. The van der Waals surface area contributed by atoms with Crippen molar-refractivity contribution >= 4 is 11.8 Å². The molecule has 4 aromatic carbocycles. The van der Waals surface area contributed by atoms with Crippen LogP contribution in [0.2, 0.25) is 0 Å². The third-order valence-corrected chi connectivity index (χ3v) is 8.45. The predicted octanol–water partition coefficient (Wildman–Crippen LogP) is 7.99. The summed E-state index contributed by atoms with van der Waals surface area (Å²) in [6.45, 7) is 0.572. The minimum atomic E-state index is -5.01. The number of likely N-dealkylation sites (tertiary alicyclic amines) is 1. The fourth-order valence-corrected chi connectivity index (χ4v) is 6.25. The highest BCUT2D eigenvalue weighted by molar-refractivity contribution is 5.93. The van der Waals surface area contributed by atoms with E-state index in [9.17, 15) is 35.9 Å². The normalized spacial score (nSPS) is 20.2. The Balaban J connectivity index is 1.59. The molecule has 2 amide bonds. The van der Waals surface area contributed by atoms with Crippen molar-refractivity contribution in [1.82, 2.24) is 10.2 Å². The minimum Gasteiger partial charge on any atom is -0.374 e. The summed E-state index contributed by atoms with van der Waals surface area (Å²) in [5.41, 5.74) is -3.85. The number of rotatable bonds is 9. The summed E-state index contributed by atoms with van der Waals surface area (Å²) >= 11 is 0. The van der Waals surface area contributed by atoms with Crippen LogP contribution in [0.15, 0.2) is 109 Å². The smallest absolute Gasteiger partial charge is 0.374 e. The first-order chi connectivity index (χ1) is 22.2. The Bertz CT molecular complexity index is 1660. The number of alkyl halides is 6. The lowest BCUT2D eigenvalue weighted by molar-refractivity contribution is -0.162. The largest absolute Gasteiger partial charge is 0.416 e. The zero-order valence-corrected chi connectivity index (χ0v) is 25.4. The SMILES string of the molecule is CC(=O)N[C@@]1(c2ccccc2)CC[C@](COCc2cc(C(F)(F)F)cc(C(F)(F)F)c2)(c2ccccc2)N(Cc2ccccc2)C1=O.